The molecule has 1 aliphatic carbocycles. The van der Waals surface area contributed by atoms with Gasteiger partial charge in [0.05, 0.1) is 0 Å². The summed E-state index contributed by atoms with van der Waals surface area (Å²) in [7, 11) is 0. The zero-order chi connectivity index (χ0) is 23.0. The normalized spacial score (nSPS) is 21.1. The Morgan fingerprint density at radius 3 is 2.73 bits per heavy atom. The quantitative estimate of drug-likeness (QED) is 0.709. The molecule has 4 amide bonds. The summed E-state index contributed by atoms with van der Waals surface area (Å²) >= 11 is 0. The monoisotopic (exact) mass is 449 g/mol. The van der Waals surface area contributed by atoms with Crippen LogP contribution >= 0.6 is 0 Å². The van der Waals surface area contributed by atoms with Gasteiger partial charge >= 0.3 is 6.03 Å². The Morgan fingerprint density at radius 2 is 1.91 bits per heavy atom. The molecule has 33 heavy (non-hydrogen) atoms. The van der Waals surface area contributed by atoms with Gasteiger partial charge in [-0.25, -0.2) is 4.79 Å². The summed E-state index contributed by atoms with van der Waals surface area (Å²) in [5.74, 6) is 0.728. The first kappa shape index (κ1) is 21.3. The van der Waals surface area contributed by atoms with E-state index >= 15 is 0 Å². The number of carbonyl (C=O) groups excluding carboxylic acids is 3. The molecule has 2 aromatic rings. The number of likely N-dealkylation sites (N-methyl/N-ethyl adjacent to an activating group) is 1. The fraction of sp³-hybridized carbons (Fsp3) is 0.400. The van der Waals surface area contributed by atoms with Crippen LogP contribution in [0.1, 0.15) is 36.5 Å². The molecule has 1 N–H and O–H groups in total. The smallest absolute Gasteiger partial charge is 0.325 e. The first-order chi connectivity index (χ1) is 16.0. The molecule has 2 heterocycles. The Labute approximate surface area is 192 Å². The maximum atomic E-state index is 13.5. The molecule has 8 heteroatoms. The van der Waals surface area contributed by atoms with E-state index in [4.69, 9.17) is 9.47 Å². The van der Waals surface area contributed by atoms with Crippen molar-refractivity contribution in [2.24, 2.45) is 0 Å². The van der Waals surface area contributed by atoms with Crippen molar-refractivity contribution in [3.8, 4) is 11.5 Å². The largest absolute Gasteiger partial charge is 0.486 e. The number of nitrogens with one attached hydrogen (secondary N) is 1. The van der Waals surface area contributed by atoms with Crippen LogP contribution in [0, 0.1) is 0 Å². The van der Waals surface area contributed by atoms with Gasteiger partial charge in [0.25, 0.3) is 5.91 Å². The van der Waals surface area contributed by atoms with E-state index < -0.39 is 11.6 Å². The predicted molar refractivity (Wildman–Crippen MR) is 120 cm³/mol. The Balaban J connectivity index is 1.32. The number of amides is 4. The number of carbonyl (C=O) groups is 3. The zero-order valence-corrected chi connectivity index (χ0v) is 18.6. The number of fused-ring (bicyclic) bond motifs is 3. The lowest BCUT2D eigenvalue weighted by Gasteiger charge is -2.33. The van der Waals surface area contributed by atoms with Gasteiger partial charge in [-0.3, -0.25) is 14.5 Å². The number of imide groups is 1. The molecule has 0 saturated carbocycles. The standard InChI is InChI=1S/C25H27N3O5/c1-2-27(15-17-9-10-20-21(14-17)33-13-12-32-20)22(29)16-28-23(30)25(26-24(28)31)11-5-7-18-6-3-4-8-19(18)25/h3-4,6,8-10,14H,2,5,7,11-13,15-16H2,1H3,(H,26,31)/t25-/m0/s1. The van der Waals surface area contributed by atoms with Crippen LogP contribution in [0.5, 0.6) is 11.5 Å². The van der Waals surface area contributed by atoms with E-state index in [1.165, 1.54) is 0 Å². The molecule has 1 spiro atoms. The van der Waals surface area contributed by atoms with E-state index in [1.54, 1.807) is 4.90 Å². The summed E-state index contributed by atoms with van der Waals surface area (Å²) in [4.78, 5) is 42.1. The van der Waals surface area contributed by atoms with Crippen LogP contribution in [-0.4, -0.2) is 53.9 Å². The van der Waals surface area contributed by atoms with Crippen molar-refractivity contribution in [2.45, 2.75) is 38.3 Å². The van der Waals surface area contributed by atoms with Crippen molar-refractivity contribution in [1.82, 2.24) is 15.1 Å². The molecule has 0 unspecified atom stereocenters. The van der Waals surface area contributed by atoms with Crippen LogP contribution in [0.25, 0.3) is 0 Å². The summed E-state index contributed by atoms with van der Waals surface area (Å²) in [5, 5.41) is 2.91. The van der Waals surface area contributed by atoms with E-state index in [1.807, 2.05) is 49.4 Å². The Bertz CT molecular complexity index is 1120. The van der Waals surface area contributed by atoms with Gasteiger partial charge in [0, 0.05) is 13.1 Å². The lowest BCUT2D eigenvalue weighted by atomic mass is 9.76. The Morgan fingerprint density at radius 1 is 1.12 bits per heavy atom. The molecule has 2 aromatic carbocycles. The maximum absolute atomic E-state index is 13.5. The van der Waals surface area contributed by atoms with Crippen LogP contribution in [0.2, 0.25) is 0 Å². The van der Waals surface area contributed by atoms with E-state index in [2.05, 4.69) is 5.32 Å². The summed E-state index contributed by atoms with van der Waals surface area (Å²) in [6.45, 7) is 3.40. The van der Waals surface area contributed by atoms with Gasteiger partial charge in [0.2, 0.25) is 5.91 Å². The average molecular weight is 450 g/mol. The fourth-order valence-corrected chi connectivity index (χ4v) is 4.97. The molecule has 8 nitrogen and oxygen atoms in total. The number of nitrogens with zero attached hydrogens (tertiary/aromatic N) is 2. The van der Waals surface area contributed by atoms with Gasteiger partial charge in [-0.05, 0) is 55.0 Å². The topological polar surface area (TPSA) is 88.2 Å². The minimum Gasteiger partial charge on any atom is -0.486 e. The molecular weight excluding hydrogens is 422 g/mol. The lowest BCUT2D eigenvalue weighted by molar-refractivity contribution is -0.139. The highest BCUT2D eigenvalue weighted by Gasteiger charge is 2.54. The van der Waals surface area contributed by atoms with E-state index in [-0.39, 0.29) is 18.4 Å². The third-order valence-electron chi connectivity index (χ3n) is 6.66. The molecule has 5 rings (SSSR count). The number of hydrogen-bond acceptors (Lipinski definition) is 5. The summed E-state index contributed by atoms with van der Waals surface area (Å²) in [6, 6.07) is 12.8. The van der Waals surface area contributed by atoms with Crippen molar-refractivity contribution >= 4 is 17.8 Å². The lowest BCUT2D eigenvalue weighted by Crippen LogP contribution is -2.47. The van der Waals surface area contributed by atoms with Crippen molar-refractivity contribution in [3.63, 3.8) is 0 Å². The van der Waals surface area contributed by atoms with E-state index in [9.17, 15) is 14.4 Å². The maximum Gasteiger partial charge on any atom is 0.325 e. The van der Waals surface area contributed by atoms with E-state index in [0.29, 0.717) is 44.2 Å². The van der Waals surface area contributed by atoms with Crippen molar-refractivity contribution in [3.05, 3.63) is 59.2 Å². The Kier molecular flexibility index (Phi) is 5.44. The minimum absolute atomic E-state index is 0.281. The highest BCUT2D eigenvalue weighted by molar-refractivity contribution is 6.09. The number of urea groups is 1. The van der Waals surface area contributed by atoms with Gasteiger partial charge < -0.3 is 19.7 Å². The fourth-order valence-electron chi connectivity index (χ4n) is 4.97. The third kappa shape index (κ3) is 3.69. The summed E-state index contributed by atoms with van der Waals surface area (Å²) in [6.07, 6.45) is 2.21. The third-order valence-corrected chi connectivity index (χ3v) is 6.66. The molecule has 172 valence electrons. The predicted octanol–water partition coefficient (Wildman–Crippen LogP) is 2.59. The Hall–Kier alpha value is -3.55. The molecule has 0 bridgehead atoms. The second kappa shape index (κ2) is 8.42. The second-order valence-electron chi connectivity index (χ2n) is 8.62. The molecule has 2 aliphatic heterocycles. The molecule has 1 atom stereocenters. The molecule has 3 aliphatic rings. The number of benzene rings is 2. The molecule has 0 aromatic heterocycles. The average Bonchev–Trinajstić information content (AvgIpc) is 3.07. The van der Waals surface area contributed by atoms with Crippen molar-refractivity contribution in [2.75, 3.05) is 26.3 Å². The van der Waals surface area contributed by atoms with Crippen LogP contribution in [0.15, 0.2) is 42.5 Å². The highest BCUT2D eigenvalue weighted by atomic mass is 16.6. The van der Waals surface area contributed by atoms with Crippen LogP contribution in [0.4, 0.5) is 4.79 Å². The second-order valence-corrected chi connectivity index (χ2v) is 8.62. The minimum atomic E-state index is -1.07. The van der Waals surface area contributed by atoms with Gasteiger partial charge in [-0.2, -0.15) is 0 Å². The van der Waals surface area contributed by atoms with E-state index in [0.717, 1.165) is 34.4 Å². The van der Waals surface area contributed by atoms with Crippen molar-refractivity contribution < 1.29 is 23.9 Å². The number of aryl methyl sites for hydroxylation is 1. The van der Waals surface area contributed by atoms with Gasteiger partial charge in [0.15, 0.2) is 11.5 Å². The van der Waals surface area contributed by atoms with Crippen LogP contribution in [-0.2, 0) is 28.1 Å². The number of ether oxygens (including phenoxy) is 2. The van der Waals surface area contributed by atoms with Gasteiger partial charge in [-0.1, -0.05) is 30.3 Å². The first-order valence-electron chi connectivity index (χ1n) is 11.4. The van der Waals surface area contributed by atoms with Crippen LogP contribution < -0.4 is 14.8 Å². The molecule has 0 radical (unpaired) electrons. The van der Waals surface area contributed by atoms with Gasteiger partial charge in [0.1, 0.15) is 25.3 Å². The highest BCUT2D eigenvalue weighted by Crippen LogP contribution is 2.40. The van der Waals surface area contributed by atoms with Crippen LogP contribution in [0.3, 0.4) is 0 Å². The zero-order valence-electron chi connectivity index (χ0n) is 18.6. The molecule has 1 saturated heterocycles. The van der Waals surface area contributed by atoms with Gasteiger partial charge in [-0.15, -0.1) is 0 Å². The van der Waals surface area contributed by atoms with Crippen molar-refractivity contribution in [1.29, 1.82) is 0 Å². The number of hydrogen-bond donors (Lipinski definition) is 1. The first-order valence-corrected chi connectivity index (χ1v) is 11.4. The number of rotatable bonds is 5. The molecular formula is C25H27N3O5. The molecule has 1 fully saturated rings. The SMILES string of the molecule is CCN(Cc1ccc2c(c1)OCCO2)C(=O)CN1C(=O)N[C@]2(CCCc3ccccc32)C1=O. The summed E-state index contributed by atoms with van der Waals surface area (Å²) in [5.41, 5.74) is 1.73. The summed E-state index contributed by atoms with van der Waals surface area (Å²) < 4.78 is 11.2.